The Balaban J connectivity index is 1.90. The van der Waals surface area contributed by atoms with Crippen LogP contribution in [0.2, 0.25) is 0 Å². The number of ether oxygens (including phenoxy) is 1. The van der Waals surface area contributed by atoms with E-state index in [1.54, 1.807) is 38.3 Å². The maximum Gasteiger partial charge on any atom is 0.262 e. The smallest absolute Gasteiger partial charge is 0.262 e. The molecule has 0 unspecified atom stereocenters. The Bertz CT molecular complexity index is 847. The molecule has 0 spiro atoms. The minimum atomic E-state index is -3.62. The third-order valence-corrected chi connectivity index (χ3v) is 5.67. The van der Waals surface area contributed by atoms with Crippen molar-refractivity contribution in [2.45, 2.75) is 18.2 Å². The number of methoxy groups -OCH3 is 1. The van der Waals surface area contributed by atoms with E-state index in [0.29, 0.717) is 17.0 Å². The van der Waals surface area contributed by atoms with Gasteiger partial charge in [-0.05, 0) is 60.9 Å². The van der Waals surface area contributed by atoms with Gasteiger partial charge in [-0.15, -0.1) is 0 Å². The van der Waals surface area contributed by atoms with Gasteiger partial charge in [0.1, 0.15) is 5.75 Å². The van der Waals surface area contributed by atoms with Gasteiger partial charge in [0.2, 0.25) is 0 Å². The lowest BCUT2D eigenvalue weighted by molar-refractivity contribution is 0.414. The zero-order chi connectivity index (χ0) is 16.6. The first-order valence-corrected chi connectivity index (χ1v) is 8.90. The fraction of sp³-hybridized carbons (Fsp3) is 0.294. The van der Waals surface area contributed by atoms with Gasteiger partial charge in [0.25, 0.3) is 10.0 Å². The molecule has 5 nitrogen and oxygen atoms in total. The van der Waals surface area contributed by atoms with E-state index in [4.69, 9.17) is 4.74 Å². The van der Waals surface area contributed by atoms with Crippen LogP contribution in [0.1, 0.15) is 11.1 Å². The minimum Gasteiger partial charge on any atom is -0.497 e. The molecule has 2 aromatic rings. The van der Waals surface area contributed by atoms with Crippen LogP contribution in [0.5, 0.6) is 5.75 Å². The number of nitrogens with zero attached hydrogens (tertiary/aromatic N) is 1. The highest BCUT2D eigenvalue weighted by atomic mass is 32.2. The quantitative estimate of drug-likeness (QED) is 0.935. The summed E-state index contributed by atoms with van der Waals surface area (Å²) in [4.78, 5) is 2.43. The van der Waals surface area contributed by atoms with Crippen LogP contribution in [0.3, 0.4) is 0 Å². The molecule has 0 bridgehead atoms. The SMILES string of the molecule is COc1ccc(S(=O)(=O)Nc2ccc3c(c2)CCN3C)c(C)c1. The summed E-state index contributed by atoms with van der Waals surface area (Å²) >= 11 is 0. The van der Waals surface area contributed by atoms with E-state index in [-0.39, 0.29) is 4.90 Å². The van der Waals surface area contributed by atoms with E-state index >= 15 is 0 Å². The maximum atomic E-state index is 12.6. The molecule has 0 fully saturated rings. The molecule has 3 rings (SSSR count). The number of likely N-dealkylation sites (N-methyl/N-ethyl adjacent to an activating group) is 1. The Morgan fingerprint density at radius 3 is 2.65 bits per heavy atom. The van der Waals surface area contributed by atoms with Crippen molar-refractivity contribution in [3.8, 4) is 5.75 Å². The lowest BCUT2D eigenvalue weighted by Crippen LogP contribution is -2.14. The number of sulfonamides is 1. The Kier molecular flexibility index (Phi) is 3.93. The van der Waals surface area contributed by atoms with Crippen LogP contribution >= 0.6 is 0 Å². The molecule has 0 amide bonds. The van der Waals surface area contributed by atoms with Gasteiger partial charge < -0.3 is 9.64 Å². The highest BCUT2D eigenvalue weighted by Crippen LogP contribution is 2.30. The molecule has 0 aromatic heterocycles. The van der Waals surface area contributed by atoms with Gasteiger partial charge in [-0.3, -0.25) is 4.72 Å². The molecule has 0 radical (unpaired) electrons. The van der Waals surface area contributed by atoms with E-state index in [2.05, 4.69) is 9.62 Å². The largest absolute Gasteiger partial charge is 0.497 e. The molecule has 23 heavy (non-hydrogen) atoms. The second kappa shape index (κ2) is 5.77. The predicted octanol–water partition coefficient (Wildman–Crippen LogP) is 2.80. The zero-order valence-corrected chi connectivity index (χ0v) is 14.3. The topological polar surface area (TPSA) is 58.6 Å². The highest BCUT2D eigenvalue weighted by molar-refractivity contribution is 7.92. The summed E-state index contributed by atoms with van der Waals surface area (Å²) in [5.41, 5.74) is 3.57. The van der Waals surface area contributed by atoms with Gasteiger partial charge >= 0.3 is 0 Å². The van der Waals surface area contributed by atoms with E-state index in [0.717, 1.165) is 18.7 Å². The lowest BCUT2D eigenvalue weighted by atomic mass is 10.1. The van der Waals surface area contributed by atoms with Crippen molar-refractivity contribution < 1.29 is 13.2 Å². The number of rotatable bonds is 4. The molecule has 1 aliphatic rings. The first kappa shape index (κ1) is 15.7. The number of anilines is 2. The molecule has 0 saturated carbocycles. The summed E-state index contributed by atoms with van der Waals surface area (Å²) in [5, 5.41) is 0. The average Bonchev–Trinajstić information content (AvgIpc) is 2.87. The molecule has 1 heterocycles. The molecule has 0 saturated heterocycles. The van der Waals surface area contributed by atoms with E-state index in [9.17, 15) is 8.42 Å². The van der Waals surface area contributed by atoms with E-state index < -0.39 is 10.0 Å². The van der Waals surface area contributed by atoms with Crippen molar-refractivity contribution >= 4 is 21.4 Å². The van der Waals surface area contributed by atoms with Gasteiger partial charge in [0.15, 0.2) is 0 Å². The monoisotopic (exact) mass is 332 g/mol. The minimum absolute atomic E-state index is 0.260. The third-order valence-electron chi connectivity index (χ3n) is 4.13. The number of nitrogens with one attached hydrogen (secondary N) is 1. The zero-order valence-electron chi connectivity index (χ0n) is 13.5. The summed E-state index contributed by atoms with van der Waals surface area (Å²) in [7, 11) is -0.0227. The van der Waals surface area contributed by atoms with Crippen LogP contribution in [0.4, 0.5) is 11.4 Å². The molecular weight excluding hydrogens is 312 g/mol. The van der Waals surface area contributed by atoms with Crippen molar-refractivity contribution in [3.05, 3.63) is 47.5 Å². The van der Waals surface area contributed by atoms with Crippen LogP contribution in [-0.4, -0.2) is 29.1 Å². The van der Waals surface area contributed by atoms with Gasteiger partial charge in [-0.2, -0.15) is 0 Å². The standard InChI is InChI=1S/C17H20N2O3S/c1-12-10-15(22-3)5-7-17(12)23(20,21)18-14-4-6-16-13(11-14)8-9-19(16)2/h4-7,10-11,18H,8-9H2,1-3H3. The summed E-state index contributed by atoms with van der Waals surface area (Å²) in [5.74, 6) is 0.641. The Labute approximate surface area is 136 Å². The van der Waals surface area contributed by atoms with Crippen molar-refractivity contribution in [3.63, 3.8) is 0 Å². The summed E-state index contributed by atoms with van der Waals surface area (Å²) < 4.78 is 33.0. The molecule has 1 N–H and O–H groups in total. The fourth-order valence-electron chi connectivity index (χ4n) is 2.89. The van der Waals surface area contributed by atoms with Crippen molar-refractivity contribution in [1.29, 1.82) is 0 Å². The lowest BCUT2D eigenvalue weighted by Gasteiger charge is -2.14. The molecule has 6 heteroatoms. The van der Waals surface area contributed by atoms with Crippen molar-refractivity contribution in [2.75, 3.05) is 30.3 Å². The molecular formula is C17H20N2O3S. The normalized spacial score (nSPS) is 13.8. The van der Waals surface area contributed by atoms with Gasteiger partial charge in [0.05, 0.1) is 12.0 Å². The number of hydrogen-bond donors (Lipinski definition) is 1. The van der Waals surface area contributed by atoms with Gasteiger partial charge in [0, 0.05) is 25.0 Å². The second-order valence-corrected chi connectivity index (χ2v) is 7.40. The first-order valence-electron chi connectivity index (χ1n) is 7.42. The van der Waals surface area contributed by atoms with Crippen LogP contribution in [-0.2, 0) is 16.4 Å². The Hall–Kier alpha value is -2.21. The van der Waals surface area contributed by atoms with Crippen LogP contribution < -0.4 is 14.4 Å². The first-order chi connectivity index (χ1) is 10.9. The van der Waals surface area contributed by atoms with Gasteiger partial charge in [-0.25, -0.2) is 8.42 Å². The molecule has 2 aromatic carbocycles. The summed E-state index contributed by atoms with van der Waals surface area (Å²) in [6.07, 6.45) is 0.933. The van der Waals surface area contributed by atoms with Crippen LogP contribution in [0.25, 0.3) is 0 Å². The van der Waals surface area contributed by atoms with Crippen LogP contribution in [0.15, 0.2) is 41.3 Å². The van der Waals surface area contributed by atoms with E-state index in [1.165, 1.54) is 5.56 Å². The fourth-order valence-corrected chi connectivity index (χ4v) is 4.17. The Morgan fingerprint density at radius 2 is 1.96 bits per heavy atom. The van der Waals surface area contributed by atoms with Crippen molar-refractivity contribution in [1.82, 2.24) is 0 Å². The molecule has 0 aliphatic carbocycles. The van der Waals surface area contributed by atoms with Crippen LogP contribution in [0, 0.1) is 6.92 Å². The molecule has 1 aliphatic heterocycles. The second-order valence-electron chi connectivity index (χ2n) is 5.75. The van der Waals surface area contributed by atoms with Gasteiger partial charge in [-0.1, -0.05) is 0 Å². The summed E-state index contributed by atoms with van der Waals surface area (Å²) in [6, 6.07) is 10.6. The number of hydrogen-bond acceptors (Lipinski definition) is 4. The Morgan fingerprint density at radius 1 is 1.17 bits per heavy atom. The van der Waals surface area contributed by atoms with Crippen molar-refractivity contribution in [2.24, 2.45) is 0 Å². The molecule has 0 atom stereocenters. The summed E-state index contributed by atoms with van der Waals surface area (Å²) in [6.45, 7) is 2.72. The van der Waals surface area contributed by atoms with E-state index in [1.807, 2.05) is 19.2 Å². The maximum absolute atomic E-state index is 12.6. The number of benzene rings is 2. The number of fused-ring (bicyclic) bond motifs is 1. The predicted molar refractivity (Wildman–Crippen MR) is 92.0 cm³/mol. The average molecular weight is 332 g/mol. The third kappa shape index (κ3) is 2.99. The number of aryl methyl sites for hydroxylation is 1. The highest BCUT2D eigenvalue weighted by Gasteiger charge is 2.20. The molecule has 122 valence electrons.